The molecule has 0 spiro atoms. The molecule has 0 unspecified atom stereocenters. The van der Waals surface area contributed by atoms with Gasteiger partial charge >= 0.3 is 0 Å². The smallest absolute Gasteiger partial charge is 0.243 e. The molecule has 1 amide bonds. The minimum absolute atomic E-state index is 0.0350. The second kappa shape index (κ2) is 7.82. The van der Waals surface area contributed by atoms with Crippen LogP contribution in [0.2, 0.25) is 0 Å². The van der Waals surface area contributed by atoms with Crippen molar-refractivity contribution in [1.29, 1.82) is 0 Å². The molecule has 2 N–H and O–H groups in total. The zero-order valence-electron chi connectivity index (χ0n) is 14.4. The maximum Gasteiger partial charge on any atom is 0.243 e. The first kappa shape index (κ1) is 17.1. The van der Waals surface area contributed by atoms with Crippen molar-refractivity contribution in [3.8, 4) is 0 Å². The number of amides is 1. The molecule has 0 bridgehead atoms. The maximum absolute atomic E-state index is 12.2. The molecule has 0 saturated carbocycles. The molecule has 2 rings (SSSR count). The van der Waals surface area contributed by atoms with Crippen molar-refractivity contribution in [2.75, 3.05) is 17.2 Å². The summed E-state index contributed by atoms with van der Waals surface area (Å²) in [4.78, 5) is 12.2. The Morgan fingerprint density at radius 3 is 2.39 bits per heavy atom. The van der Waals surface area contributed by atoms with E-state index in [1.807, 2.05) is 24.3 Å². The van der Waals surface area contributed by atoms with Crippen molar-refractivity contribution in [2.45, 2.75) is 40.0 Å². The highest BCUT2D eigenvalue weighted by Gasteiger charge is 2.10. The Bertz CT molecular complexity index is 660. The number of carbonyl (C=O) groups is 1. The van der Waals surface area contributed by atoms with Gasteiger partial charge in [-0.2, -0.15) is 0 Å². The number of hydrogen-bond acceptors (Lipinski definition) is 2. The summed E-state index contributed by atoms with van der Waals surface area (Å²) >= 11 is 0. The van der Waals surface area contributed by atoms with Gasteiger partial charge in [0, 0.05) is 11.4 Å². The second-order valence-electron chi connectivity index (χ2n) is 6.15. The van der Waals surface area contributed by atoms with Gasteiger partial charge in [-0.3, -0.25) is 4.79 Å². The molecule has 0 aliphatic heterocycles. The summed E-state index contributed by atoms with van der Waals surface area (Å²) in [6.07, 6.45) is 1.00. The van der Waals surface area contributed by atoms with Crippen molar-refractivity contribution in [1.82, 2.24) is 0 Å². The Hall–Kier alpha value is -2.29. The number of rotatable bonds is 6. The molecule has 0 fully saturated rings. The van der Waals surface area contributed by atoms with E-state index in [0.717, 1.165) is 23.4 Å². The Labute approximate surface area is 139 Å². The fraction of sp³-hybridized carbons (Fsp3) is 0.350. The fourth-order valence-electron chi connectivity index (χ4n) is 2.61. The highest BCUT2D eigenvalue weighted by molar-refractivity contribution is 5.94. The van der Waals surface area contributed by atoms with Crippen molar-refractivity contribution < 1.29 is 4.79 Å². The van der Waals surface area contributed by atoms with E-state index in [4.69, 9.17) is 0 Å². The van der Waals surface area contributed by atoms with Crippen LogP contribution in [-0.2, 0) is 11.2 Å². The highest BCUT2D eigenvalue weighted by Crippen LogP contribution is 2.27. The largest absolute Gasteiger partial charge is 0.376 e. The second-order valence-corrected chi connectivity index (χ2v) is 6.15. The van der Waals surface area contributed by atoms with Gasteiger partial charge in [-0.05, 0) is 48.1 Å². The Balaban J connectivity index is 1.99. The van der Waals surface area contributed by atoms with Crippen molar-refractivity contribution >= 4 is 17.3 Å². The number of aryl methyl sites for hydroxylation is 2. The van der Waals surface area contributed by atoms with E-state index in [-0.39, 0.29) is 12.5 Å². The summed E-state index contributed by atoms with van der Waals surface area (Å²) in [7, 11) is 0. The molecule has 2 aromatic carbocycles. The van der Waals surface area contributed by atoms with Crippen LogP contribution in [0.25, 0.3) is 0 Å². The lowest BCUT2D eigenvalue weighted by Gasteiger charge is -2.17. The molecule has 3 heteroatoms. The van der Waals surface area contributed by atoms with Gasteiger partial charge in [-0.15, -0.1) is 0 Å². The summed E-state index contributed by atoms with van der Waals surface area (Å²) < 4.78 is 0. The van der Waals surface area contributed by atoms with Crippen LogP contribution in [0.15, 0.2) is 42.5 Å². The average molecular weight is 310 g/mol. The van der Waals surface area contributed by atoms with Crippen LogP contribution in [0.5, 0.6) is 0 Å². The van der Waals surface area contributed by atoms with E-state index < -0.39 is 0 Å². The number of hydrogen-bond donors (Lipinski definition) is 2. The van der Waals surface area contributed by atoms with E-state index in [1.165, 1.54) is 11.1 Å². The first-order chi connectivity index (χ1) is 11.0. The lowest BCUT2D eigenvalue weighted by atomic mass is 9.98. The van der Waals surface area contributed by atoms with Gasteiger partial charge in [0.1, 0.15) is 0 Å². The summed E-state index contributed by atoms with van der Waals surface area (Å²) in [6, 6.07) is 14.2. The summed E-state index contributed by atoms with van der Waals surface area (Å²) in [5.74, 6) is 0.384. The monoisotopic (exact) mass is 310 g/mol. The third-order valence-corrected chi connectivity index (χ3v) is 4.00. The topological polar surface area (TPSA) is 41.1 Å². The summed E-state index contributed by atoms with van der Waals surface area (Å²) in [5.41, 5.74) is 5.57. The molecule has 0 radical (unpaired) electrons. The molecular formula is C20H26N2O. The molecule has 2 aromatic rings. The predicted octanol–water partition coefficient (Wildman–Crippen LogP) is 4.73. The van der Waals surface area contributed by atoms with Crippen LogP contribution >= 0.6 is 0 Å². The molecule has 3 nitrogen and oxygen atoms in total. The molecule has 23 heavy (non-hydrogen) atoms. The number of nitrogens with one attached hydrogen (secondary N) is 2. The SMILES string of the molecule is CCc1ccc(NC(=O)CNc2c(C)cccc2C(C)C)cc1. The van der Waals surface area contributed by atoms with Crippen LogP contribution in [0.4, 0.5) is 11.4 Å². The first-order valence-electron chi connectivity index (χ1n) is 8.23. The molecule has 0 aliphatic carbocycles. The minimum atomic E-state index is -0.0350. The normalized spacial score (nSPS) is 10.7. The van der Waals surface area contributed by atoms with Crippen LogP contribution in [0.3, 0.4) is 0 Å². The minimum Gasteiger partial charge on any atom is -0.376 e. The number of para-hydroxylation sites is 1. The molecule has 0 aromatic heterocycles. The maximum atomic E-state index is 12.2. The fourth-order valence-corrected chi connectivity index (χ4v) is 2.61. The quantitative estimate of drug-likeness (QED) is 0.809. The Morgan fingerprint density at radius 1 is 1.09 bits per heavy atom. The Morgan fingerprint density at radius 2 is 1.78 bits per heavy atom. The highest BCUT2D eigenvalue weighted by atomic mass is 16.1. The third-order valence-electron chi connectivity index (χ3n) is 4.00. The van der Waals surface area contributed by atoms with E-state index in [2.05, 4.69) is 56.5 Å². The van der Waals surface area contributed by atoms with Gasteiger partial charge in [0.25, 0.3) is 0 Å². The predicted molar refractivity (Wildman–Crippen MR) is 98.2 cm³/mol. The zero-order chi connectivity index (χ0) is 16.8. The van der Waals surface area contributed by atoms with E-state index in [9.17, 15) is 4.79 Å². The molecule has 122 valence electrons. The lowest BCUT2D eigenvalue weighted by molar-refractivity contribution is -0.114. The first-order valence-corrected chi connectivity index (χ1v) is 8.23. The summed E-state index contributed by atoms with van der Waals surface area (Å²) in [6.45, 7) is 8.77. The van der Waals surface area contributed by atoms with Crippen LogP contribution < -0.4 is 10.6 Å². The zero-order valence-corrected chi connectivity index (χ0v) is 14.4. The van der Waals surface area contributed by atoms with Gasteiger partial charge in [-0.1, -0.05) is 51.1 Å². The molecule has 0 saturated heterocycles. The van der Waals surface area contributed by atoms with Gasteiger partial charge in [0.05, 0.1) is 6.54 Å². The standard InChI is InChI=1S/C20H26N2O/c1-5-16-9-11-17(12-10-16)22-19(23)13-21-20-15(4)7-6-8-18(20)14(2)3/h6-12,14,21H,5,13H2,1-4H3,(H,22,23). The van der Waals surface area contributed by atoms with E-state index in [0.29, 0.717) is 5.92 Å². The lowest BCUT2D eigenvalue weighted by Crippen LogP contribution is -2.22. The van der Waals surface area contributed by atoms with Crippen molar-refractivity contribution in [3.63, 3.8) is 0 Å². The molecule has 0 heterocycles. The molecule has 0 aliphatic rings. The van der Waals surface area contributed by atoms with Gasteiger partial charge in [-0.25, -0.2) is 0 Å². The van der Waals surface area contributed by atoms with Crippen LogP contribution in [0, 0.1) is 6.92 Å². The Kier molecular flexibility index (Phi) is 5.80. The van der Waals surface area contributed by atoms with Crippen LogP contribution in [-0.4, -0.2) is 12.5 Å². The van der Waals surface area contributed by atoms with Gasteiger partial charge < -0.3 is 10.6 Å². The van der Waals surface area contributed by atoms with Gasteiger partial charge in [0.2, 0.25) is 5.91 Å². The number of anilines is 2. The van der Waals surface area contributed by atoms with E-state index >= 15 is 0 Å². The summed E-state index contributed by atoms with van der Waals surface area (Å²) in [5, 5.41) is 6.22. The average Bonchev–Trinajstić information content (AvgIpc) is 2.54. The number of carbonyl (C=O) groups excluding carboxylic acids is 1. The van der Waals surface area contributed by atoms with Crippen LogP contribution in [0.1, 0.15) is 43.4 Å². The third kappa shape index (κ3) is 4.59. The van der Waals surface area contributed by atoms with Gasteiger partial charge in [0.15, 0.2) is 0 Å². The van der Waals surface area contributed by atoms with Crippen molar-refractivity contribution in [3.05, 3.63) is 59.2 Å². The van der Waals surface area contributed by atoms with E-state index in [1.54, 1.807) is 0 Å². The molecular weight excluding hydrogens is 284 g/mol. The van der Waals surface area contributed by atoms with Crippen molar-refractivity contribution in [2.24, 2.45) is 0 Å². The number of benzene rings is 2. The molecule has 0 atom stereocenters.